The Balaban J connectivity index is 1.94. The van der Waals surface area contributed by atoms with Crippen LogP contribution in [0.25, 0.3) is 0 Å². The van der Waals surface area contributed by atoms with E-state index in [0.29, 0.717) is 18.7 Å². The second kappa shape index (κ2) is 12.9. The lowest BCUT2D eigenvalue weighted by Gasteiger charge is -2.32. The van der Waals surface area contributed by atoms with Crippen molar-refractivity contribution in [2.45, 2.75) is 66.1 Å². The van der Waals surface area contributed by atoms with Crippen molar-refractivity contribution in [3.8, 4) is 5.75 Å². The molecule has 0 heterocycles. The van der Waals surface area contributed by atoms with Gasteiger partial charge in [-0.25, -0.2) is 0 Å². The quantitative estimate of drug-likeness (QED) is 0.387. The van der Waals surface area contributed by atoms with Crippen LogP contribution >= 0.6 is 0 Å². The van der Waals surface area contributed by atoms with Gasteiger partial charge >= 0.3 is 0 Å². The maximum atomic E-state index is 13.7. The lowest BCUT2D eigenvalue weighted by atomic mass is 10.0. The zero-order valence-corrected chi connectivity index (χ0v) is 22.1. The SMILES string of the molecule is CCC(C)NC(=O)C(Cc1ccccc1)N(Cc1ccccc1C)C(=O)COc1cccc(C)c1C. The van der Waals surface area contributed by atoms with Crippen LogP contribution in [0.4, 0.5) is 0 Å². The van der Waals surface area contributed by atoms with E-state index >= 15 is 0 Å². The Morgan fingerprint density at radius 3 is 2.25 bits per heavy atom. The van der Waals surface area contributed by atoms with Crippen molar-refractivity contribution in [3.63, 3.8) is 0 Å². The fourth-order valence-corrected chi connectivity index (χ4v) is 4.07. The van der Waals surface area contributed by atoms with Gasteiger partial charge < -0.3 is 15.0 Å². The van der Waals surface area contributed by atoms with Crippen molar-refractivity contribution >= 4 is 11.8 Å². The predicted molar refractivity (Wildman–Crippen MR) is 145 cm³/mol. The zero-order chi connectivity index (χ0) is 26.1. The molecule has 190 valence electrons. The molecule has 2 amide bonds. The molecule has 0 aliphatic rings. The summed E-state index contributed by atoms with van der Waals surface area (Å²) in [7, 11) is 0. The summed E-state index contributed by atoms with van der Waals surface area (Å²) >= 11 is 0. The molecule has 0 fully saturated rings. The minimum Gasteiger partial charge on any atom is -0.483 e. The summed E-state index contributed by atoms with van der Waals surface area (Å²) < 4.78 is 5.99. The second-order valence-corrected chi connectivity index (χ2v) is 9.46. The van der Waals surface area contributed by atoms with Gasteiger partial charge in [0, 0.05) is 19.0 Å². The number of hydrogen-bond acceptors (Lipinski definition) is 3. The van der Waals surface area contributed by atoms with E-state index in [9.17, 15) is 9.59 Å². The van der Waals surface area contributed by atoms with Gasteiger partial charge in [-0.15, -0.1) is 0 Å². The maximum Gasteiger partial charge on any atom is 0.261 e. The molecule has 0 aliphatic carbocycles. The normalized spacial score (nSPS) is 12.5. The van der Waals surface area contributed by atoms with Gasteiger partial charge in [0.05, 0.1) is 0 Å². The largest absolute Gasteiger partial charge is 0.483 e. The van der Waals surface area contributed by atoms with Gasteiger partial charge in [0.2, 0.25) is 5.91 Å². The monoisotopic (exact) mass is 486 g/mol. The minimum absolute atomic E-state index is 0.0115. The van der Waals surface area contributed by atoms with Crippen molar-refractivity contribution in [2.24, 2.45) is 0 Å². The van der Waals surface area contributed by atoms with Gasteiger partial charge in [0.15, 0.2) is 6.61 Å². The Morgan fingerprint density at radius 2 is 1.56 bits per heavy atom. The number of nitrogens with zero attached hydrogens (tertiary/aromatic N) is 1. The van der Waals surface area contributed by atoms with Crippen molar-refractivity contribution in [3.05, 3.63) is 101 Å². The smallest absolute Gasteiger partial charge is 0.261 e. The van der Waals surface area contributed by atoms with E-state index in [0.717, 1.165) is 34.2 Å². The van der Waals surface area contributed by atoms with Crippen LogP contribution in [0.2, 0.25) is 0 Å². The van der Waals surface area contributed by atoms with Gasteiger partial charge in [0.25, 0.3) is 5.91 Å². The number of rotatable bonds is 11. The van der Waals surface area contributed by atoms with E-state index in [2.05, 4.69) is 5.32 Å². The van der Waals surface area contributed by atoms with Crippen molar-refractivity contribution in [1.29, 1.82) is 0 Å². The van der Waals surface area contributed by atoms with E-state index in [4.69, 9.17) is 4.74 Å². The molecule has 5 nitrogen and oxygen atoms in total. The minimum atomic E-state index is -0.671. The van der Waals surface area contributed by atoms with Crippen LogP contribution in [0.1, 0.15) is 48.1 Å². The molecular weight excluding hydrogens is 448 g/mol. The molecule has 3 aromatic rings. The Hall–Kier alpha value is -3.60. The number of nitrogens with one attached hydrogen (secondary N) is 1. The van der Waals surface area contributed by atoms with Crippen LogP contribution in [0.3, 0.4) is 0 Å². The van der Waals surface area contributed by atoms with E-state index in [1.165, 1.54) is 0 Å². The van der Waals surface area contributed by atoms with Gasteiger partial charge in [-0.1, -0.05) is 73.7 Å². The first-order valence-electron chi connectivity index (χ1n) is 12.7. The molecule has 3 aromatic carbocycles. The average molecular weight is 487 g/mol. The van der Waals surface area contributed by atoms with E-state index < -0.39 is 6.04 Å². The summed E-state index contributed by atoms with van der Waals surface area (Å²) in [6, 6.07) is 23.0. The predicted octanol–water partition coefficient (Wildman–Crippen LogP) is 5.55. The van der Waals surface area contributed by atoms with E-state index in [1.54, 1.807) is 4.90 Å². The fraction of sp³-hybridized carbons (Fsp3) is 0.355. The first-order chi connectivity index (χ1) is 17.3. The molecule has 3 rings (SSSR count). The third-order valence-corrected chi connectivity index (χ3v) is 6.78. The first kappa shape index (κ1) is 27.0. The molecule has 0 saturated carbocycles. The van der Waals surface area contributed by atoms with Crippen LogP contribution in [0, 0.1) is 20.8 Å². The van der Waals surface area contributed by atoms with Gasteiger partial charge in [-0.2, -0.15) is 0 Å². The van der Waals surface area contributed by atoms with Crippen LogP contribution in [-0.2, 0) is 22.6 Å². The third-order valence-electron chi connectivity index (χ3n) is 6.78. The van der Waals surface area contributed by atoms with Crippen LogP contribution in [-0.4, -0.2) is 35.4 Å². The maximum absolute atomic E-state index is 13.7. The first-order valence-corrected chi connectivity index (χ1v) is 12.7. The van der Waals surface area contributed by atoms with Crippen molar-refractivity contribution < 1.29 is 14.3 Å². The summed E-state index contributed by atoms with van der Waals surface area (Å²) in [5.41, 5.74) is 5.19. The molecular formula is C31H38N2O3. The lowest BCUT2D eigenvalue weighted by molar-refractivity contribution is -0.143. The molecule has 0 radical (unpaired) electrons. The topological polar surface area (TPSA) is 58.6 Å². The molecule has 36 heavy (non-hydrogen) atoms. The highest BCUT2D eigenvalue weighted by Crippen LogP contribution is 2.22. The summed E-state index contributed by atoms with van der Waals surface area (Å²) in [6.45, 7) is 10.2. The van der Waals surface area contributed by atoms with Crippen LogP contribution in [0.15, 0.2) is 72.8 Å². The Bertz CT molecular complexity index is 1160. The van der Waals surface area contributed by atoms with Crippen LogP contribution < -0.4 is 10.1 Å². The number of benzene rings is 3. The van der Waals surface area contributed by atoms with E-state index in [1.807, 2.05) is 107 Å². The molecule has 1 N–H and O–H groups in total. The molecule has 2 unspecified atom stereocenters. The number of carbonyl (C=O) groups is 2. The molecule has 0 bridgehead atoms. The Morgan fingerprint density at radius 1 is 0.889 bits per heavy atom. The third kappa shape index (κ3) is 7.20. The lowest BCUT2D eigenvalue weighted by Crippen LogP contribution is -2.53. The van der Waals surface area contributed by atoms with Gasteiger partial charge in [-0.3, -0.25) is 9.59 Å². The molecule has 0 aromatic heterocycles. The van der Waals surface area contributed by atoms with Crippen LogP contribution in [0.5, 0.6) is 5.75 Å². The molecule has 0 saturated heterocycles. The summed E-state index contributed by atoms with van der Waals surface area (Å²) in [4.78, 5) is 29.0. The summed E-state index contributed by atoms with van der Waals surface area (Å²) in [5, 5.41) is 3.10. The Labute approximate surface area is 215 Å². The highest BCUT2D eigenvalue weighted by molar-refractivity contribution is 5.88. The number of aryl methyl sites for hydroxylation is 2. The number of ether oxygens (including phenoxy) is 1. The number of hydrogen-bond donors (Lipinski definition) is 1. The highest BCUT2D eigenvalue weighted by Gasteiger charge is 2.31. The van der Waals surface area contributed by atoms with Crippen molar-refractivity contribution in [1.82, 2.24) is 10.2 Å². The fourth-order valence-electron chi connectivity index (χ4n) is 4.07. The molecule has 0 aliphatic heterocycles. The van der Waals surface area contributed by atoms with Gasteiger partial charge in [0.1, 0.15) is 11.8 Å². The van der Waals surface area contributed by atoms with Gasteiger partial charge in [-0.05, 0) is 68.0 Å². The summed E-state index contributed by atoms with van der Waals surface area (Å²) in [6.07, 6.45) is 1.23. The number of carbonyl (C=O) groups excluding carboxylic acids is 2. The zero-order valence-electron chi connectivity index (χ0n) is 22.1. The Kier molecular flexibility index (Phi) is 9.69. The molecule has 2 atom stereocenters. The highest BCUT2D eigenvalue weighted by atomic mass is 16.5. The van der Waals surface area contributed by atoms with E-state index in [-0.39, 0.29) is 24.5 Å². The van der Waals surface area contributed by atoms with Crippen molar-refractivity contribution in [2.75, 3.05) is 6.61 Å². The number of amides is 2. The molecule has 5 heteroatoms. The molecule has 0 spiro atoms. The summed E-state index contributed by atoms with van der Waals surface area (Å²) in [5.74, 6) is 0.309. The second-order valence-electron chi connectivity index (χ2n) is 9.46. The standard InChI is InChI=1S/C31H38N2O3/c1-6-24(4)32-31(35)28(19-26-15-8-7-9-16-26)33(20-27-17-11-10-13-23(27)3)30(34)21-36-29-18-12-14-22(2)25(29)5/h7-18,24,28H,6,19-21H2,1-5H3,(H,32,35). The average Bonchev–Trinajstić information content (AvgIpc) is 2.88.